The van der Waals surface area contributed by atoms with Gasteiger partial charge >= 0.3 is 0 Å². The molecule has 82 valence electrons. The third-order valence-electron chi connectivity index (χ3n) is 3.86. The summed E-state index contributed by atoms with van der Waals surface area (Å²) in [6, 6.07) is 11.3. The second-order valence-corrected chi connectivity index (χ2v) is 6.01. The normalized spacial score (nSPS) is 24.3. The molecule has 0 nitrogen and oxygen atoms in total. The lowest BCUT2D eigenvalue weighted by Gasteiger charge is -2.17. The molecule has 4 rings (SSSR count). The molecule has 0 saturated carbocycles. The molecular formula is C16H11I. The Morgan fingerprint density at radius 2 is 1.65 bits per heavy atom. The van der Waals surface area contributed by atoms with Gasteiger partial charge in [0.2, 0.25) is 0 Å². The quantitative estimate of drug-likeness (QED) is 0.612. The van der Waals surface area contributed by atoms with Crippen LogP contribution in [-0.4, -0.2) is 0 Å². The van der Waals surface area contributed by atoms with Crippen molar-refractivity contribution in [3.05, 3.63) is 69.3 Å². The van der Waals surface area contributed by atoms with Crippen LogP contribution in [0.3, 0.4) is 0 Å². The van der Waals surface area contributed by atoms with E-state index in [9.17, 15) is 0 Å². The van der Waals surface area contributed by atoms with Crippen molar-refractivity contribution >= 4 is 33.4 Å². The molecule has 0 heterocycles. The lowest BCUT2D eigenvalue weighted by molar-refractivity contribution is 0.768. The van der Waals surface area contributed by atoms with E-state index in [2.05, 4.69) is 77.2 Å². The zero-order valence-electron chi connectivity index (χ0n) is 9.23. The van der Waals surface area contributed by atoms with Gasteiger partial charge in [0.05, 0.1) is 0 Å². The summed E-state index contributed by atoms with van der Waals surface area (Å²) in [5.41, 5.74) is 3.01. The first kappa shape index (κ1) is 9.89. The molecule has 2 aromatic carbocycles. The molecule has 0 radical (unpaired) electrons. The van der Waals surface area contributed by atoms with E-state index in [0.717, 1.165) is 0 Å². The molecule has 0 aliphatic heterocycles. The smallest absolute Gasteiger partial charge is 0.0139 e. The van der Waals surface area contributed by atoms with Gasteiger partial charge in [0.25, 0.3) is 0 Å². The lowest BCUT2D eigenvalue weighted by atomic mass is 9.86. The highest BCUT2D eigenvalue weighted by molar-refractivity contribution is 14.1. The summed E-state index contributed by atoms with van der Waals surface area (Å²) in [5, 5.41) is 2.87. The lowest BCUT2D eigenvalue weighted by Crippen LogP contribution is -2.02. The van der Waals surface area contributed by atoms with Crippen LogP contribution < -0.4 is 0 Å². The summed E-state index contributed by atoms with van der Waals surface area (Å²) in [5.74, 6) is 1.10. The Labute approximate surface area is 114 Å². The third kappa shape index (κ3) is 1.29. The molecule has 2 unspecified atom stereocenters. The number of benzene rings is 2. The highest BCUT2D eigenvalue weighted by Crippen LogP contribution is 2.49. The van der Waals surface area contributed by atoms with Gasteiger partial charge in [-0.1, -0.05) is 42.5 Å². The van der Waals surface area contributed by atoms with E-state index < -0.39 is 0 Å². The zero-order valence-corrected chi connectivity index (χ0v) is 11.4. The minimum Gasteiger partial charge on any atom is -0.0761 e. The maximum atomic E-state index is 2.42. The number of rotatable bonds is 0. The molecule has 0 N–H and O–H groups in total. The van der Waals surface area contributed by atoms with Crippen molar-refractivity contribution in [1.29, 1.82) is 0 Å². The summed E-state index contributed by atoms with van der Waals surface area (Å²) in [4.78, 5) is 0. The van der Waals surface area contributed by atoms with Crippen LogP contribution in [0, 0.1) is 3.57 Å². The minimum atomic E-state index is 0.551. The van der Waals surface area contributed by atoms with Gasteiger partial charge in [0.15, 0.2) is 0 Å². The monoisotopic (exact) mass is 330 g/mol. The van der Waals surface area contributed by atoms with E-state index >= 15 is 0 Å². The first-order valence-electron chi connectivity index (χ1n) is 5.92. The van der Waals surface area contributed by atoms with Gasteiger partial charge in [-0.25, -0.2) is 0 Å². The first-order chi connectivity index (χ1) is 8.34. The number of allylic oxidation sites excluding steroid dienone is 4. The van der Waals surface area contributed by atoms with E-state index in [4.69, 9.17) is 0 Å². The second kappa shape index (κ2) is 3.45. The van der Waals surface area contributed by atoms with Crippen LogP contribution in [0.1, 0.15) is 23.0 Å². The molecule has 2 aromatic rings. The molecule has 2 atom stereocenters. The number of halogens is 1. The fraction of sp³-hybridized carbons (Fsp3) is 0.125. The van der Waals surface area contributed by atoms with E-state index in [1.165, 1.54) is 25.5 Å². The fourth-order valence-corrected chi connectivity index (χ4v) is 3.87. The van der Waals surface area contributed by atoms with Crippen LogP contribution in [0.5, 0.6) is 0 Å². The van der Waals surface area contributed by atoms with Crippen molar-refractivity contribution in [3.63, 3.8) is 0 Å². The van der Waals surface area contributed by atoms with Gasteiger partial charge in [0, 0.05) is 15.4 Å². The standard InChI is InChI=1S/C16H11I/c17-11-8-10-4-3-7-14-12-5-1-2-6-13(12)15(9-11)16(10)14/h1-9,12-13H. The van der Waals surface area contributed by atoms with Crippen LogP contribution in [-0.2, 0) is 0 Å². The number of hydrogen-bond donors (Lipinski definition) is 0. The SMILES string of the molecule is Ic1cc2c3c(cccc3c1)C1C=CC=CC21. The molecule has 0 saturated heterocycles. The first-order valence-corrected chi connectivity index (χ1v) is 6.99. The van der Waals surface area contributed by atoms with Crippen LogP contribution in [0.4, 0.5) is 0 Å². The highest BCUT2D eigenvalue weighted by atomic mass is 127. The van der Waals surface area contributed by atoms with Crippen molar-refractivity contribution in [3.8, 4) is 0 Å². The Morgan fingerprint density at radius 1 is 0.882 bits per heavy atom. The average molecular weight is 330 g/mol. The second-order valence-electron chi connectivity index (χ2n) is 4.76. The summed E-state index contributed by atoms with van der Waals surface area (Å²) in [6.45, 7) is 0. The molecule has 1 heteroatoms. The molecule has 0 amide bonds. The van der Waals surface area contributed by atoms with Gasteiger partial charge in [-0.15, -0.1) is 0 Å². The van der Waals surface area contributed by atoms with E-state index in [1.54, 1.807) is 0 Å². The third-order valence-corrected chi connectivity index (χ3v) is 4.48. The van der Waals surface area contributed by atoms with Crippen LogP contribution in [0.2, 0.25) is 0 Å². The molecule has 17 heavy (non-hydrogen) atoms. The Balaban J connectivity index is 2.15. The molecule has 0 fully saturated rings. The van der Waals surface area contributed by atoms with Crippen molar-refractivity contribution in [2.75, 3.05) is 0 Å². The van der Waals surface area contributed by atoms with Crippen LogP contribution in [0.15, 0.2) is 54.6 Å². The highest BCUT2D eigenvalue weighted by Gasteiger charge is 2.31. The average Bonchev–Trinajstić information content (AvgIpc) is 2.67. The predicted molar refractivity (Wildman–Crippen MR) is 80.4 cm³/mol. The molecule has 0 spiro atoms. The Hall–Kier alpha value is -1.09. The van der Waals surface area contributed by atoms with Crippen molar-refractivity contribution in [2.45, 2.75) is 11.8 Å². The topological polar surface area (TPSA) is 0 Å². The summed E-state index contributed by atoms with van der Waals surface area (Å²) >= 11 is 2.42. The zero-order chi connectivity index (χ0) is 11.4. The fourth-order valence-electron chi connectivity index (χ4n) is 3.20. The Kier molecular flexibility index (Phi) is 2.01. The van der Waals surface area contributed by atoms with E-state index in [-0.39, 0.29) is 0 Å². The van der Waals surface area contributed by atoms with Gasteiger partial charge in [0.1, 0.15) is 0 Å². The maximum absolute atomic E-state index is 2.42. The summed E-state index contributed by atoms with van der Waals surface area (Å²) in [7, 11) is 0. The number of fused-ring (bicyclic) bond motifs is 3. The van der Waals surface area contributed by atoms with Gasteiger partial charge < -0.3 is 0 Å². The molecule has 2 aliphatic rings. The Bertz CT molecular complexity index is 679. The van der Waals surface area contributed by atoms with Crippen molar-refractivity contribution < 1.29 is 0 Å². The van der Waals surface area contributed by atoms with Crippen molar-refractivity contribution in [2.24, 2.45) is 0 Å². The summed E-state index contributed by atoms with van der Waals surface area (Å²) in [6.07, 6.45) is 9.04. The van der Waals surface area contributed by atoms with Crippen LogP contribution >= 0.6 is 22.6 Å². The molecule has 0 aromatic heterocycles. The van der Waals surface area contributed by atoms with Crippen LogP contribution in [0.25, 0.3) is 10.8 Å². The Morgan fingerprint density at radius 3 is 2.47 bits per heavy atom. The number of hydrogen-bond acceptors (Lipinski definition) is 0. The van der Waals surface area contributed by atoms with Gasteiger partial charge in [-0.05, 0) is 56.6 Å². The largest absolute Gasteiger partial charge is 0.0761 e. The van der Waals surface area contributed by atoms with Crippen molar-refractivity contribution in [1.82, 2.24) is 0 Å². The maximum Gasteiger partial charge on any atom is 0.0139 e. The van der Waals surface area contributed by atoms with Gasteiger partial charge in [-0.3, -0.25) is 0 Å². The molecule has 2 aliphatic carbocycles. The van der Waals surface area contributed by atoms with E-state index in [1.807, 2.05) is 0 Å². The van der Waals surface area contributed by atoms with E-state index in [0.29, 0.717) is 11.8 Å². The molecule has 0 bridgehead atoms. The minimum absolute atomic E-state index is 0.551. The predicted octanol–water partition coefficient (Wildman–Crippen LogP) is 4.75. The summed E-state index contributed by atoms with van der Waals surface area (Å²) < 4.78 is 1.34. The molecular weight excluding hydrogens is 319 g/mol. The van der Waals surface area contributed by atoms with Gasteiger partial charge in [-0.2, -0.15) is 0 Å².